The van der Waals surface area contributed by atoms with Crippen LogP contribution in [-0.4, -0.2) is 46.8 Å². The molecule has 1 aromatic heterocycles. The van der Waals surface area contributed by atoms with E-state index in [1.807, 2.05) is 0 Å². The number of hydrogen-bond donors (Lipinski definition) is 1. The van der Waals surface area contributed by atoms with Crippen LogP contribution in [0.2, 0.25) is 0 Å². The molecule has 2 aromatic rings. The van der Waals surface area contributed by atoms with E-state index in [0.717, 1.165) is 0 Å². The molecular weight excluding hydrogens is 384 g/mol. The Morgan fingerprint density at radius 1 is 1.10 bits per heavy atom. The average molecular weight is 404 g/mol. The highest BCUT2D eigenvalue weighted by Crippen LogP contribution is 2.22. The fourth-order valence-corrected chi connectivity index (χ4v) is 2.77. The van der Waals surface area contributed by atoms with E-state index >= 15 is 0 Å². The molecule has 0 aliphatic carbocycles. The van der Waals surface area contributed by atoms with Crippen LogP contribution in [-0.2, 0) is 20.8 Å². The standard InChI is InChI=1S/C18H20N4O7/c1-10-16(22(26)27)11(2)21(20-10)6-5-15(23)19-14-8-12(17(24)28-3)7-13(9-14)18(25)29-4/h7-9H,5-6H2,1-4H3,(H,19,23). The Morgan fingerprint density at radius 3 is 2.10 bits per heavy atom. The molecule has 0 saturated carbocycles. The summed E-state index contributed by atoms with van der Waals surface area (Å²) in [7, 11) is 2.39. The molecular formula is C18H20N4O7. The fourth-order valence-electron chi connectivity index (χ4n) is 2.77. The topological polar surface area (TPSA) is 143 Å². The molecule has 0 aliphatic heterocycles. The minimum atomic E-state index is -0.679. The average Bonchev–Trinajstić information content (AvgIpc) is 2.98. The number of hydrogen-bond acceptors (Lipinski definition) is 8. The van der Waals surface area contributed by atoms with Crippen molar-refractivity contribution in [2.24, 2.45) is 0 Å². The molecule has 1 N–H and O–H groups in total. The van der Waals surface area contributed by atoms with Gasteiger partial charge in [-0.05, 0) is 32.0 Å². The molecule has 0 spiro atoms. The van der Waals surface area contributed by atoms with Gasteiger partial charge in [-0.2, -0.15) is 5.10 Å². The number of aryl methyl sites for hydroxylation is 2. The first-order valence-electron chi connectivity index (χ1n) is 8.47. The number of amides is 1. The summed E-state index contributed by atoms with van der Waals surface area (Å²) in [4.78, 5) is 46.4. The lowest BCUT2D eigenvalue weighted by molar-refractivity contribution is -0.386. The zero-order chi connectivity index (χ0) is 21.7. The number of nitrogens with zero attached hydrogens (tertiary/aromatic N) is 3. The Labute approximate surface area is 165 Å². The van der Waals surface area contributed by atoms with Crippen molar-refractivity contribution in [1.29, 1.82) is 0 Å². The molecule has 1 amide bonds. The largest absolute Gasteiger partial charge is 0.465 e. The van der Waals surface area contributed by atoms with Gasteiger partial charge in [0.2, 0.25) is 5.91 Å². The summed E-state index contributed by atoms with van der Waals surface area (Å²) in [5.41, 5.74) is 0.874. The van der Waals surface area contributed by atoms with Gasteiger partial charge in [0.15, 0.2) is 0 Å². The zero-order valence-electron chi connectivity index (χ0n) is 16.3. The summed E-state index contributed by atoms with van der Waals surface area (Å²) in [5, 5.41) is 17.7. The molecule has 0 saturated heterocycles. The van der Waals surface area contributed by atoms with Gasteiger partial charge in [-0.3, -0.25) is 19.6 Å². The highest BCUT2D eigenvalue weighted by Gasteiger charge is 2.22. The fraction of sp³-hybridized carbons (Fsp3) is 0.333. The van der Waals surface area contributed by atoms with Gasteiger partial charge < -0.3 is 14.8 Å². The monoisotopic (exact) mass is 404 g/mol. The Bertz CT molecular complexity index is 947. The van der Waals surface area contributed by atoms with Gasteiger partial charge in [0.25, 0.3) is 0 Å². The number of benzene rings is 1. The van der Waals surface area contributed by atoms with Gasteiger partial charge in [0, 0.05) is 12.1 Å². The number of ether oxygens (including phenoxy) is 2. The van der Waals surface area contributed by atoms with Gasteiger partial charge in [-0.15, -0.1) is 0 Å². The Morgan fingerprint density at radius 2 is 1.66 bits per heavy atom. The third-order valence-corrected chi connectivity index (χ3v) is 4.14. The summed E-state index contributed by atoms with van der Waals surface area (Å²) < 4.78 is 10.7. The third kappa shape index (κ3) is 4.94. The third-order valence-electron chi connectivity index (χ3n) is 4.14. The van der Waals surface area contributed by atoms with Gasteiger partial charge in [-0.25, -0.2) is 9.59 Å². The molecule has 154 valence electrons. The van der Waals surface area contributed by atoms with Crippen LogP contribution in [0.15, 0.2) is 18.2 Å². The van der Waals surface area contributed by atoms with Gasteiger partial charge in [0.05, 0.1) is 36.8 Å². The molecule has 0 bridgehead atoms. The minimum absolute atomic E-state index is 0.0326. The number of aromatic nitrogens is 2. The maximum Gasteiger partial charge on any atom is 0.337 e. The SMILES string of the molecule is COC(=O)c1cc(NC(=O)CCn2nc(C)c([N+](=O)[O-])c2C)cc(C(=O)OC)c1. The normalized spacial score (nSPS) is 10.3. The summed E-state index contributed by atoms with van der Waals surface area (Å²) in [5.74, 6) is -1.79. The van der Waals surface area contributed by atoms with Crippen molar-refractivity contribution in [1.82, 2.24) is 9.78 Å². The van der Waals surface area contributed by atoms with Crippen LogP contribution < -0.4 is 5.32 Å². The molecule has 11 nitrogen and oxygen atoms in total. The minimum Gasteiger partial charge on any atom is -0.465 e. The van der Waals surface area contributed by atoms with Crippen LogP contribution in [0.1, 0.15) is 38.5 Å². The maximum atomic E-state index is 12.3. The Hall–Kier alpha value is -3.76. The van der Waals surface area contributed by atoms with E-state index in [1.54, 1.807) is 6.92 Å². The van der Waals surface area contributed by atoms with E-state index < -0.39 is 22.8 Å². The highest BCUT2D eigenvalue weighted by atomic mass is 16.6. The number of nitrogens with one attached hydrogen (secondary N) is 1. The molecule has 0 fully saturated rings. The van der Waals surface area contributed by atoms with Crippen molar-refractivity contribution in [3.05, 3.63) is 50.8 Å². The first-order valence-corrected chi connectivity index (χ1v) is 8.47. The lowest BCUT2D eigenvalue weighted by Gasteiger charge is -2.10. The van der Waals surface area contributed by atoms with Gasteiger partial charge in [-0.1, -0.05) is 0 Å². The molecule has 29 heavy (non-hydrogen) atoms. The van der Waals surface area contributed by atoms with Crippen LogP contribution in [0.5, 0.6) is 0 Å². The summed E-state index contributed by atoms with van der Waals surface area (Å²) in [6.07, 6.45) is -0.0326. The molecule has 2 rings (SSSR count). The maximum absolute atomic E-state index is 12.3. The van der Waals surface area contributed by atoms with Gasteiger partial charge in [0.1, 0.15) is 11.4 Å². The summed E-state index contributed by atoms with van der Waals surface area (Å²) in [6, 6.07) is 4.02. The molecule has 1 aromatic carbocycles. The van der Waals surface area contributed by atoms with E-state index in [1.165, 1.54) is 44.0 Å². The highest BCUT2D eigenvalue weighted by molar-refractivity contribution is 5.99. The molecule has 1 heterocycles. The van der Waals surface area contributed by atoms with Gasteiger partial charge >= 0.3 is 17.6 Å². The van der Waals surface area contributed by atoms with Crippen LogP contribution >= 0.6 is 0 Å². The lowest BCUT2D eigenvalue weighted by atomic mass is 10.1. The zero-order valence-corrected chi connectivity index (χ0v) is 16.3. The van der Waals surface area contributed by atoms with Crippen molar-refractivity contribution in [2.45, 2.75) is 26.8 Å². The quantitative estimate of drug-likeness (QED) is 0.419. The number of methoxy groups -OCH3 is 2. The second-order valence-corrected chi connectivity index (χ2v) is 6.08. The molecule has 0 aliphatic rings. The van der Waals surface area contributed by atoms with E-state index in [4.69, 9.17) is 0 Å². The predicted molar refractivity (Wildman–Crippen MR) is 101 cm³/mol. The Kier molecular flexibility index (Phi) is 6.65. The number of anilines is 1. The summed E-state index contributed by atoms with van der Waals surface area (Å²) >= 11 is 0. The number of carbonyl (C=O) groups excluding carboxylic acids is 3. The number of nitro groups is 1. The first kappa shape index (κ1) is 21.5. The molecule has 11 heteroatoms. The van der Waals surface area contributed by atoms with Crippen LogP contribution in [0.25, 0.3) is 0 Å². The first-order chi connectivity index (χ1) is 13.7. The molecule has 0 atom stereocenters. The summed E-state index contributed by atoms with van der Waals surface area (Å²) in [6.45, 7) is 3.19. The van der Waals surface area contributed by atoms with E-state index in [0.29, 0.717) is 5.69 Å². The second-order valence-electron chi connectivity index (χ2n) is 6.08. The van der Waals surface area contributed by atoms with Crippen molar-refractivity contribution in [2.75, 3.05) is 19.5 Å². The number of esters is 2. The van der Waals surface area contributed by atoms with Crippen molar-refractivity contribution in [3.63, 3.8) is 0 Å². The van der Waals surface area contributed by atoms with E-state index in [-0.39, 0.29) is 41.2 Å². The van der Waals surface area contributed by atoms with Crippen molar-refractivity contribution in [3.8, 4) is 0 Å². The second kappa shape index (κ2) is 8.95. The Balaban J connectivity index is 2.16. The van der Waals surface area contributed by atoms with Crippen LogP contribution in [0.4, 0.5) is 11.4 Å². The van der Waals surface area contributed by atoms with E-state index in [9.17, 15) is 24.5 Å². The number of rotatable bonds is 7. The van der Waals surface area contributed by atoms with Crippen molar-refractivity contribution >= 4 is 29.2 Å². The van der Waals surface area contributed by atoms with Crippen LogP contribution in [0, 0.1) is 24.0 Å². The van der Waals surface area contributed by atoms with E-state index in [2.05, 4.69) is 19.9 Å². The molecule has 0 radical (unpaired) electrons. The molecule has 0 unspecified atom stereocenters. The smallest absolute Gasteiger partial charge is 0.337 e. The van der Waals surface area contributed by atoms with Crippen LogP contribution in [0.3, 0.4) is 0 Å². The lowest BCUT2D eigenvalue weighted by Crippen LogP contribution is -2.17. The number of carbonyl (C=O) groups is 3. The van der Waals surface area contributed by atoms with Crippen molar-refractivity contribution < 1.29 is 28.8 Å². The predicted octanol–water partition coefficient (Wildman–Crippen LogP) is 2.01.